The lowest BCUT2D eigenvalue weighted by atomic mass is 9.97. The number of nitrogens with zero attached hydrogens (tertiary/aromatic N) is 3. The molecule has 0 saturated carbocycles. The second kappa shape index (κ2) is 7.81. The minimum atomic E-state index is -3.57. The van der Waals surface area contributed by atoms with Crippen LogP contribution < -0.4 is 5.32 Å². The molecule has 0 unspecified atom stereocenters. The fourth-order valence-electron chi connectivity index (χ4n) is 3.64. The largest absolute Gasteiger partial charge is 0.302 e. The highest BCUT2D eigenvalue weighted by Gasteiger charge is 2.32. The number of aromatic nitrogens is 2. The lowest BCUT2D eigenvalue weighted by Crippen LogP contribution is -2.41. The number of fused-ring (bicyclic) bond motifs is 1. The molecule has 1 amide bonds. The average Bonchev–Trinajstić information content (AvgIpc) is 3.11. The van der Waals surface area contributed by atoms with Crippen LogP contribution in [0.3, 0.4) is 0 Å². The number of sulfonamides is 1. The van der Waals surface area contributed by atoms with E-state index < -0.39 is 10.0 Å². The summed E-state index contributed by atoms with van der Waals surface area (Å²) in [6.07, 6.45) is 3.86. The fourth-order valence-corrected chi connectivity index (χ4v) is 6.12. The Bertz CT molecular complexity index is 1150. The summed E-state index contributed by atoms with van der Waals surface area (Å²) in [5.74, 6) is -0.331. The Morgan fingerprint density at radius 3 is 2.69 bits per heavy atom. The molecule has 1 fully saturated rings. The summed E-state index contributed by atoms with van der Waals surface area (Å²) in [6.45, 7) is 4.68. The number of carbonyl (C=O) groups excluding carboxylic acids is 1. The summed E-state index contributed by atoms with van der Waals surface area (Å²) in [4.78, 5) is 21.3. The summed E-state index contributed by atoms with van der Waals surface area (Å²) >= 11 is 1.46. The number of hydrogen-bond acceptors (Lipinski definition) is 6. The van der Waals surface area contributed by atoms with Crippen molar-refractivity contribution in [3.05, 3.63) is 47.8 Å². The van der Waals surface area contributed by atoms with E-state index in [0.29, 0.717) is 31.1 Å². The molecule has 0 bridgehead atoms. The van der Waals surface area contributed by atoms with Gasteiger partial charge in [0.15, 0.2) is 5.13 Å². The summed E-state index contributed by atoms with van der Waals surface area (Å²) in [6, 6.07) is 7.29. The molecule has 152 valence electrons. The van der Waals surface area contributed by atoms with Crippen LogP contribution in [0, 0.1) is 19.8 Å². The molecule has 9 heteroatoms. The maximum atomic E-state index is 12.7. The molecule has 0 aliphatic carbocycles. The van der Waals surface area contributed by atoms with Crippen LogP contribution in [0.15, 0.2) is 41.6 Å². The zero-order valence-corrected chi connectivity index (χ0v) is 17.9. The van der Waals surface area contributed by atoms with Crippen molar-refractivity contribution >= 4 is 42.6 Å². The number of pyridine rings is 1. The van der Waals surface area contributed by atoms with E-state index in [2.05, 4.69) is 27.4 Å². The van der Waals surface area contributed by atoms with Crippen LogP contribution in [0.5, 0.6) is 0 Å². The number of piperidine rings is 1. The Morgan fingerprint density at radius 1 is 1.24 bits per heavy atom. The number of benzene rings is 1. The van der Waals surface area contributed by atoms with Crippen molar-refractivity contribution in [2.24, 2.45) is 5.92 Å². The second-order valence-corrected chi connectivity index (χ2v) is 10.3. The van der Waals surface area contributed by atoms with Crippen molar-refractivity contribution < 1.29 is 13.2 Å². The van der Waals surface area contributed by atoms with E-state index in [4.69, 9.17) is 0 Å². The predicted octanol–water partition coefficient (Wildman–Crippen LogP) is 3.35. The molecule has 0 spiro atoms. The highest BCUT2D eigenvalue weighted by Crippen LogP contribution is 2.30. The van der Waals surface area contributed by atoms with Crippen LogP contribution in [-0.4, -0.2) is 41.7 Å². The summed E-state index contributed by atoms with van der Waals surface area (Å²) < 4.78 is 27.9. The summed E-state index contributed by atoms with van der Waals surface area (Å²) in [5.41, 5.74) is 3.16. The highest BCUT2D eigenvalue weighted by atomic mass is 32.2. The van der Waals surface area contributed by atoms with Gasteiger partial charge in [-0.05, 0) is 56.0 Å². The van der Waals surface area contributed by atoms with Crippen LogP contribution in [0.4, 0.5) is 5.13 Å². The van der Waals surface area contributed by atoms with Gasteiger partial charge in [0.1, 0.15) is 4.90 Å². The van der Waals surface area contributed by atoms with E-state index in [0.717, 1.165) is 15.8 Å². The molecule has 1 aromatic carbocycles. The van der Waals surface area contributed by atoms with Crippen LogP contribution >= 0.6 is 11.3 Å². The molecule has 1 saturated heterocycles. The Labute approximate surface area is 173 Å². The first-order valence-electron chi connectivity index (χ1n) is 9.43. The Hall–Kier alpha value is -2.36. The predicted molar refractivity (Wildman–Crippen MR) is 113 cm³/mol. The Morgan fingerprint density at radius 2 is 2.00 bits per heavy atom. The lowest BCUT2D eigenvalue weighted by Gasteiger charge is -2.30. The van der Waals surface area contributed by atoms with Crippen molar-refractivity contribution in [3.8, 4) is 0 Å². The monoisotopic (exact) mass is 430 g/mol. The van der Waals surface area contributed by atoms with Crippen molar-refractivity contribution in [3.63, 3.8) is 0 Å². The molecule has 1 N–H and O–H groups in total. The number of nitrogens with one attached hydrogen (secondary N) is 1. The fraction of sp³-hybridized carbons (Fsp3) is 0.350. The third kappa shape index (κ3) is 4.03. The van der Waals surface area contributed by atoms with Gasteiger partial charge in [0, 0.05) is 31.4 Å². The maximum absolute atomic E-state index is 12.7. The molecular weight excluding hydrogens is 408 g/mol. The quantitative estimate of drug-likeness (QED) is 0.685. The third-order valence-electron chi connectivity index (χ3n) is 5.16. The number of rotatable bonds is 4. The van der Waals surface area contributed by atoms with E-state index in [1.807, 2.05) is 13.8 Å². The van der Waals surface area contributed by atoms with Crippen molar-refractivity contribution in [1.82, 2.24) is 14.3 Å². The molecule has 7 nitrogen and oxygen atoms in total. The van der Waals surface area contributed by atoms with Gasteiger partial charge in [0.25, 0.3) is 0 Å². The average molecular weight is 431 g/mol. The highest BCUT2D eigenvalue weighted by molar-refractivity contribution is 7.89. The van der Waals surface area contributed by atoms with Gasteiger partial charge in [-0.2, -0.15) is 4.31 Å². The van der Waals surface area contributed by atoms with Gasteiger partial charge in [-0.15, -0.1) is 0 Å². The molecule has 2 aromatic heterocycles. The molecule has 1 aliphatic heterocycles. The normalized spacial score (nSPS) is 16.2. The van der Waals surface area contributed by atoms with Gasteiger partial charge in [0.05, 0.1) is 10.2 Å². The molecule has 3 heterocycles. The number of amides is 1. The number of anilines is 1. The first-order valence-corrected chi connectivity index (χ1v) is 11.7. The van der Waals surface area contributed by atoms with Gasteiger partial charge < -0.3 is 5.32 Å². The zero-order valence-electron chi connectivity index (χ0n) is 16.3. The van der Waals surface area contributed by atoms with E-state index >= 15 is 0 Å². The number of hydrogen-bond donors (Lipinski definition) is 1. The number of carbonyl (C=O) groups is 1. The standard InChI is InChI=1S/C20H22N4O3S2/c1-13-10-14(2)18-17(11-13)28-20(22-18)23-19(25)15-5-8-24(9-6-15)29(26,27)16-4-3-7-21-12-16/h3-4,7,10-12,15H,5-6,8-9H2,1-2H3,(H,22,23,25). The SMILES string of the molecule is Cc1cc(C)c2nc(NC(=O)C3CCN(S(=O)(=O)c4cccnc4)CC3)sc2c1. The van der Waals surface area contributed by atoms with Gasteiger partial charge in [0.2, 0.25) is 15.9 Å². The molecule has 0 radical (unpaired) electrons. The molecule has 0 atom stereocenters. The van der Waals surface area contributed by atoms with E-state index in [9.17, 15) is 13.2 Å². The Kier molecular flexibility index (Phi) is 5.37. The zero-order chi connectivity index (χ0) is 20.6. The van der Waals surface area contributed by atoms with Crippen LogP contribution in [0.1, 0.15) is 24.0 Å². The second-order valence-electron chi connectivity index (χ2n) is 7.30. The molecular formula is C20H22N4O3S2. The minimum Gasteiger partial charge on any atom is -0.302 e. The first-order chi connectivity index (χ1) is 13.8. The van der Waals surface area contributed by atoms with Gasteiger partial charge in [-0.3, -0.25) is 9.78 Å². The van der Waals surface area contributed by atoms with Gasteiger partial charge in [-0.25, -0.2) is 13.4 Å². The molecule has 29 heavy (non-hydrogen) atoms. The van der Waals surface area contributed by atoms with Crippen LogP contribution in [0.2, 0.25) is 0 Å². The van der Waals surface area contributed by atoms with Crippen molar-refractivity contribution in [2.45, 2.75) is 31.6 Å². The number of aryl methyl sites for hydroxylation is 2. The van der Waals surface area contributed by atoms with E-state index in [1.54, 1.807) is 12.3 Å². The van der Waals surface area contributed by atoms with Crippen LogP contribution in [-0.2, 0) is 14.8 Å². The topological polar surface area (TPSA) is 92.3 Å². The smallest absolute Gasteiger partial charge is 0.244 e. The summed E-state index contributed by atoms with van der Waals surface area (Å²) in [7, 11) is -3.57. The van der Waals surface area contributed by atoms with E-state index in [-0.39, 0.29) is 16.7 Å². The van der Waals surface area contributed by atoms with Crippen molar-refractivity contribution in [2.75, 3.05) is 18.4 Å². The number of thiazole rings is 1. The van der Waals surface area contributed by atoms with E-state index in [1.165, 1.54) is 33.5 Å². The minimum absolute atomic E-state index is 0.100. The van der Waals surface area contributed by atoms with Crippen LogP contribution in [0.25, 0.3) is 10.2 Å². The lowest BCUT2D eigenvalue weighted by molar-refractivity contribution is -0.120. The summed E-state index contributed by atoms with van der Waals surface area (Å²) in [5, 5.41) is 3.51. The van der Waals surface area contributed by atoms with Gasteiger partial charge in [-0.1, -0.05) is 17.4 Å². The molecule has 1 aliphatic rings. The third-order valence-corrected chi connectivity index (χ3v) is 7.96. The van der Waals surface area contributed by atoms with Crippen molar-refractivity contribution in [1.29, 1.82) is 0 Å². The Balaban J connectivity index is 1.41. The van der Waals surface area contributed by atoms with Gasteiger partial charge >= 0.3 is 0 Å². The first kappa shape index (κ1) is 19.9. The maximum Gasteiger partial charge on any atom is 0.244 e. The molecule has 4 rings (SSSR count). The molecule has 3 aromatic rings.